The second kappa shape index (κ2) is 6.06. The largest absolute Gasteiger partial charge is 0.309 e. The first kappa shape index (κ1) is 13.2. The van der Waals surface area contributed by atoms with E-state index >= 15 is 0 Å². The van der Waals surface area contributed by atoms with Crippen LogP contribution >= 0.6 is 0 Å². The van der Waals surface area contributed by atoms with E-state index in [-0.39, 0.29) is 10.6 Å². The van der Waals surface area contributed by atoms with Crippen molar-refractivity contribution in [1.29, 1.82) is 0 Å². The number of aryl methyl sites for hydroxylation is 1. The third-order valence-electron chi connectivity index (χ3n) is 2.88. The fraction of sp³-hybridized carbons (Fsp3) is 0.214. The molecule has 1 aromatic heterocycles. The zero-order chi connectivity index (χ0) is 13.7. The molecule has 19 heavy (non-hydrogen) atoms. The summed E-state index contributed by atoms with van der Waals surface area (Å²) in [6, 6.07) is 9.17. The van der Waals surface area contributed by atoms with Gasteiger partial charge in [-0.2, -0.15) is 0 Å². The molecule has 0 atom stereocenters. The second-order valence-corrected chi connectivity index (χ2v) is 4.34. The van der Waals surface area contributed by atoms with Crippen LogP contribution in [-0.4, -0.2) is 9.91 Å². The van der Waals surface area contributed by atoms with Crippen LogP contribution in [0.1, 0.15) is 16.7 Å². The molecule has 1 N–H and O–H groups in total. The lowest BCUT2D eigenvalue weighted by Gasteiger charge is -2.06. The highest BCUT2D eigenvalue weighted by molar-refractivity contribution is 5.42. The average Bonchev–Trinajstić information content (AvgIpc) is 2.41. The summed E-state index contributed by atoms with van der Waals surface area (Å²) in [4.78, 5) is 14.5. The SMILES string of the molecule is Cc1ccc(CNCc2ccncc2)cc1[N+](=O)[O-]. The van der Waals surface area contributed by atoms with E-state index in [0.29, 0.717) is 18.7 Å². The monoisotopic (exact) mass is 257 g/mol. The van der Waals surface area contributed by atoms with Gasteiger partial charge in [0, 0.05) is 37.1 Å². The molecular weight excluding hydrogens is 242 g/mol. The standard InChI is InChI=1S/C14H15N3O2/c1-11-2-3-13(8-14(11)17(18)19)10-16-9-12-4-6-15-7-5-12/h2-8,16H,9-10H2,1H3. The Balaban J connectivity index is 1.97. The molecule has 0 fully saturated rings. The Morgan fingerprint density at radius 3 is 2.53 bits per heavy atom. The van der Waals surface area contributed by atoms with Crippen LogP contribution in [0.3, 0.4) is 0 Å². The number of benzene rings is 1. The van der Waals surface area contributed by atoms with Crippen LogP contribution in [0, 0.1) is 17.0 Å². The van der Waals surface area contributed by atoms with Gasteiger partial charge >= 0.3 is 0 Å². The summed E-state index contributed by atoms with van der Waals surface area (Å²) >= 11 is 0. The van der Waals surface area contributed by atoms with Crippen LogP contribution in [0.15, 0.2) is 42.7 Å². The normalized spacial score (nSPS) is 10.4. The number of hydrogen-bond donors (Lipinski definition) is 1. The molecule has 5 heteroatoms. The van der Waals surface area contributed by atoms with Crippen molar-refractivity contribution in [2.45, 2.75) is 20.0 Å². The van der Waals surface area contributed by atoms with Crippen LogP contribution in [0.25, 0.3) is 0 Å². The van der Waals surface area contributed by atoms with Crippen LogP contribution < -0.4 is 5.32 Å². The Morgan fingerprint density at radius 2 is 1.84 bits per heavy atom. The average molecular weight is 257 g/mol. The fourth-order valence-electron chi connectivity index (χ4n) is 1.81. The van der Waals surface area contributed by atoms with Crippen molar-refractivity contribution in [1.82, 2.24) is 10.3 Å². The lowest BCUT2D eigenvalue weighted by molar-refractivity contribution is -0.385. The minimum absolute atomic E-state index is 0.170. The molecule has 0 saturated carbocycles. The van der Waals surface area contributed by atoms with Crippen molar-refractivity contribution in [2.24, 2.45) is 0 Å². The molecule has 0 amide bonds. The third-order valence-corrected chi connectivity index (χ3v) is 2.88. The van der Waals surface area contributed by atoms with Crippen molar-refractivity contribution >= 4 is 5.69 Å². The molecule has 2 rings (SSSR count). The highest BCUT2D eigenvalue weighted by atomic mass is 16.6. The number of pyridine rings is 1. The Hall–Kier alpha value is -2.27. The van der Waals surface area contributed by atoms with Crippen LogP contribution in [0.2, 0.25) is 0 Å². The number of nitrogens with one attached hydrogen (secondary N) is 1. The first-order valence-electron chi connectivity index (χ1n) is 6.00. The maximum atomic E-state index is 10.8. The number of nitrogens with zero attached hydrogens (tertiary/aromatic N) is 2. The molecule has 1 aromatic carbocycles. The van der Waals surface area contributed by atoms with Crippen LogP contribution in [0.4, 0.5) is 5.69 Å². The van der Waals surface area contributed by atoms with Crippen molar-refractivity contribution in [3.63, 3.8) is 0 Å². The van der Waals surface area contributed by atoms with Gasteiger partial charge in [-0.25, -0.2) is 0 Å². The van der Waals surface area contributed by atoms with Crippen LogP contribution in [-0.2, 0) is 13.1 Å². The van der Waals surface area contributed by atoms with Crippen molar-refractivity contribution < 1.29 is 4.92 Å². The number of nitro groups is 1. The number of aromatic nitrogens is 1. The Bertz CT molecular complexity index is 570. The molecule has 0 spiro atoms. The first-order chi connectivity index (χ1) is 9.16. The lowest BCUT2D eigenvalue weighted by atomic mass is 10.1. The highest BCUT2D eigenvalue weighted by Crippen LogP contribution is 2.19. The predicted octanol–water partition coefficient (Wildman–Crippen LogP) is 2.59. The molecule has 0 radical (unpaired) electrons. The van der Waals surface area contributed by atoms with E-state index < -0.39 is 0 Å². The van der Waals surface area contributed by atoms with Crippen molar-refractivity contribution in [3.05, 3.63) is 69.5 Å². The molecule has 0 aliphatic carbocycles. The maximum Gasteiger partial charge on any atom is 0.272 e. The van der Waals surface area contributed by atoms with E-state index in [1.54, 1.807) is 31.5 Å². The fourth-order valence-corrected chi connectivity index (χ4v) is 1.81. The van der Waals surface area contributed by atoms with Gasteiger partial charge in [0.1, 0.15) is 0 Å². The van der Waals surface area contributed by atoms with Gasteiger partial charge in [-0.1, -0.05) is 12.1 Å². The number of nitro benzene ring substituents is 1. The van der Waals surface area contributed by atoms with Gasteiger partial charge in [0.15, 0.2) is 0 Å². The predicted molar refractivity (Wildman–Crippen MR) is 72.6 cm³/mol. The Labute approximate surface area is 111 Å². The topological polar surface area (TPSA) is 68.1 Å². The van der Waals surface area contributed by atoms with Gasteiger partial charge in [-0.15, -0.1) is 0 Å². The van der Waals surface area contributed by atoms with E-state index in [9.17, 15) is 10.1 Å². The summed E-state index contributed by atoms with van der Waals surface area (Å²) in [5.74, 6) is 0. The van der Waals surface area contributed by atoms with Gasteiger partial charge < -0.3 is 5.32 Å². The van der Waals surface area contributed by atoms with E-state index in [0.717, 1.165) is 11.1 Å². The smallest absolute Gasteiger partial charge is 0.272 e. The minimum Gasteiger partial charge on any atom is -0.309 e. The molecule has 1 heterocycles. The summed E-state index contributed by atoms with van der Waals surface area (Å²) in [7, 11) is 0. The molecule has 0 saturated heterocycles. The van der Waals surface area contributed by atoms with Crippen molar-refractivity contribution in [3.8, 4) is 0 Å². The third kappa shape index (κ3) is 3.59. The second-order valence-electron chi connectivity index (χ2n) is 4.34. The number of rotatable bonds is 5. The van der Waals surface area contributed by atoms with Gasteiger partial charge in [-0.05, 0) is 30.2 Å². The molecule has 98 valence electrons. The molecular formula is C14H15N3O2. The molecule has 0 bridgehead atoms. The zero-order valence-electron chi connectivity index (χ0n) is 10.7. The first-order valence-corrected chi connectivity index (χ1v) is 6.00. The molecule has 0 aliphatic rings. The van der Waals surface area contributed by atoms with Gasteiger partial charge in [0.25, 0.3) is 5.69 Å². The maximum absolute atomic E-state index is 10.8. The van der Waals surface area contributed by atoms with E-state index in [4.69, 9.17) is 0 Å². The van der Waals surface area contributed by atoms with Crippen molar-refractivity contribution in [2.75, 3.05) is 0 Å². The Morgan fingerprint density at radius 1 is 1.16 bits per heavy atom. The Kier molecular flexibility index (Phi) is 4.20. The van der Waals surface area contributed by atoms with Gasteiger partial charge in [-0.3, -0.25) is 15.1 Å². The quantitative estimate of drug-likeness (QED) is 0.660. The van der Waals surface area contributed by atoms with Gasteiger partial charge in [0.05, 0.1) is 4.92 Å². The summed E-state index contributed by atoms with van der Waals surface area (Å²) in [5.41, 5.74) is 2.90. The summed E-state index contributed by atoms with van der Waals surface area (Å²) in [6.07, 6.45) is 3.49. The molecule has 5 nitrogen and oxygen atoms in total. The van der Waals surface area contributed by atoms with E-state index in [2.05, 4.69) is 10.3 Å². The summed E-state index contributed by atoms with van der Waals surface area (Å²) in [6.45, 7) is 3.06. The molecule has 2 aromatic rings. The lowest BCUT2D eigenvalue weighted by Crippen LogP contribution is -2.12. The summed E-state index contributed by atoms with van der Waals surface area (Å²) < 4.78 is 0. The minimum atomic E-state index is -0.346. The van der Waals surface area contributed by atoms with E-state index in [1.165, 1.54) is 0 Å². The zero-order valence-corrected chi connectivity index (χ0v) is 10.7. The molecule has 0 unspecified atom stereocenters. The van der Waals surface area contributed by atoms with Gasteiger partial charge in [0.2, 0.25) is 0 Å². The molecule has 0 aliphatic heterocycles. The summed E-state index contributed by atoms with van der Waals surface area (Å²) in [5, 5.41) is 14.1. The van der Waals surface area contributed by atoms with E-state index in [1.807, 2.05) is 18.2 Å². The number of hydrogen-bond acceptors (Lipinski definition) is 4. The highest BCUT2D eigenvalue weighted by Gasteiger charge is 2.10. The van der Waals surface area contributed by atoms with Crippen LogP contribution in [0.5, 0.6) is 0 Å².